The highest BCUT2D eigenvalue weighted by Gasteiger charge is 2.52. The van der Waals surface area contributed by atoms with E-state index in [4.69, 9.17) is 28.1 Å². The largest absolute Gasteiger partial charge is 0.488 e. The monoisotopic (exact) mass is 520 g/mol. The lowest BCUT2D eigenvalue weighted by Crippen LogP contribution is -2.41. The first-order valence-electron chi connectivity index (χ1n) is 12.0. The summed E-state index contributed by atoms with van der Waals surface area (Å²) >= 11 is 0. The first-order chi connectivity index (χ1) is 16.9. The second-order valence-corrected chi connectivity index (χ2v) is 8.19. The molecule has 2 saturated heterocycles. The molecule has 0 bridgehead atoms. The van der Waals surface area contributed by atoms with E-state index in [1.54, 1.807) is 55.4 Å². The molecule has 2 rings (SSSR count). The van der Waals surface area contributed by atoms with Crippen molar-refractivity contribution >= 4 is 38.9 Å². The molecule has 0 unspecified atom stereocenters. The number of ether oxygens (including phenoxy) is 4. The van der Waals surface area contributed by atoms with Gasteiger partial charge in [0.1, 0.15) is 0 Å². The average Bonchev–Trinajstić information content (AvgIpc) is 3.45. The summed E-state index contributed by atoms with van der Waals surface area (Å²) in [6, 6.07) is 0. The molecule has 14 heteroatoms. The van der Waals surface area contributed by atoms with E-state index in [1.807, 2.05) is 13.8 Å². The molecule has 2 atom stereocenters. The second-order valence-electron chi connectivity index (χ2n) is 8.19. The zero-order chi connectivity index (χ0) is 28.3. The summed E-state index contributed by atoms with van der Waals surface area (Å²) in [5.74, 6) is -0.988. The Labute approximate surface area is 215 Å². The van der Waals surface area contributed by atoms with Crippen LogP contribution >= 0.6 is 0 Å². The molecule has 2 fully saturated rings. The maximum atomic E-state index is 11.7. The third-order valence-electron chi connectivity index (χ3n) is 3.53. The summed E-state index contributed by atoms with van der Waals surface area (Å²) in [4.78, 5) is 42.2. The first-order valence-corrected chi connectivity index (χ1v) is 12.0. The molecular weight excluding hydrogens is 478 g/mol. The molecule has 0 aromatic rings. The Bertz CT molecular complexity index is 564. The molecule has 0 saturated carbocycles. The maximum absolute atomic E-state index is 11.7. The SMILES string of the molecule is CC.CC(C)OC(=O)[C@H]1COB(B2OC[C@H](C(=O)OC(C)C)O2)O1.CC(C)OC=O.CC(C)OC=O. The molecule has 0 spiro atoms. The summed E-state index contributed by atoms with van der Waals surface area (Å²) in [7, 11) is -1.75. The third kappa shape index (κ3) is 17.3. The molecule has 0 N–H and O–H groups in total. The van der Waals surface area contributed by atoms with Crippen LogP contribution in [0.4, 0.5) is 0 Å². The van der Waals surface area contributed by atoms with E-state index in [9.17, 15) is 19.2 Å². The summed E-state index contributed by atoms with van der Waals surface area (Å²) < 4.78 is 40.3. The van der Waals surface area contributed by atoms with Crippen LogP contribution in [0.25, 0.3) is 0 Å². The van der Waals surface area contributed by atoms with Gasteiger partial charge in [0.25, 0.3) is 12.9 Å². The van der Waals surface area contributed by atoms with Crippen molar-refractivity contribution in [3.63, 3.8) is 0 Å². The Balaban J connectivity index is 0. The van der Waals surface area contributed by atoms with Crippen molar-refractivity contribution in [2.75, 3.05) is 13.2 Å². The molecule has 0 radical (unpaired) electrons. The van der Waals surface area contributed by atoms with Crippen LogP contribution in [0.2, 0.25) is 0 Å². The quantitative estimate of drug-likeness (QED) is 0.190. The fourth-order valence-electron chi connectivity index (χ4n) is 2.22. The zero-order valence-electron chi connectivity index (χ0n) is 23.1. The molecule has 36 heavy (non-hydrogen) atoms. The molecule has 208 valence electrons. The minimum Gasteiger partial charge on any atom is -0.465 e. The van der Waals surface area contributed by atoms with Gasteiger partial charge in [-0.15, -0.1) is 0 Å². The van der Waals surface area contributed by atoms with Crippen molar-refractivity contribution in [1.82, 2.24) is 0 Å². The molecule has 0 amide bonds. The number of carbonyl (C=O) groups is 4. The number of hydrogen-bond acceptors (Lipinski definition) is 12. The minimum atomic E-state index is -0.874. The van der Waals surface area contributed by atoms with E-state index in [2.05, 4.69) is 9.47 Å². The van der Waals surface area contributed by atoms with Crippen LogP contribution in [0.5, 0.6) is 0 Å². The molecule has 0 aromatic carbocycles. The van der Waals surface area contributed by atoms with Gasteiger partial charge in [0.15, 0.2) is 12.2 Å². The predicted octanol–water partition coefficient (Wildman–Crippen LogP) is 1.94. The molecule has 0 aliphatic carbocycles. The summed E-state index contributed by atoms with van der Waals surface area (Å²) in [5, 5.41) is 0. The third-order valence-corrected chi connectivity index (χ3v) is 3.53. The van der Waals surface area contributed by atoms with Crippen molar-refractivity contribution in [2.24, 2.45) is 0 Å². The lowest BCUT2D eigenvalue weighted by molar-refractivity contribution is -0.156. The van der Waals surface area contributed by atoms with Gasteiger partial charge in [0.05, 0.1) is 37.6 Å². The Hall–Kier alpha value is -2.15. The minimum absolute atomic E-state index is 0.0301. The Morgan fingerprint density at radius 1 is 0.667 bits per heavy atom. The Morgan fingerprint density at radius 2 is 0.972 bits per heavy atom. The van der Waals surface area contributed by atoms with E-state index in [-0.39, 0.29) is 37.6 Å². The van der Waals surface area contributed by atoms with E-state index < -0.39 is 38.2 Å². The number of rotatable bonds is 9. The molecule has 0 aromatic heterocycles. The van der Waals surface area contributed by atoms with Crippen molar-refractivity contribution in [3.05, 3.63) is 0 Å². The van der Waals surface area contributed by atoms with E-state index in [1.165, 1.54) is 0 Å². The Morgan fingerprint density at radius 3 is 1.17 bits per heavy atom. The van der Waals surface area contributed by atoms with E-state index in [0.29, 0.717) is 12.9 Å². The van der Waals surface area contributed by atoms with E-state index in [0.717, 1.165) is 0 Å². The normalized spacial score (nSPS) is 18.4. The summed E-state index contributed by atoms with van der Waals surface area (Å²) in [5.41, 5.74) is 0. The van der Waals surface area contributed by atoms with Gasteiger partial charge in [0, 0.05) is 0 Å². The van der Waals surface area contributed by atoms with Crippen molar-refractivity contribution in [1.29, 1.82) is 0 Å². The van der Waals surface area contributed by atoms with Crippen LogP contribution in [0.1, 0.15) is 69.2 Å². The molecule has 12 nitrogen and oxygen atoms in total. The molecule has 2 heterocycles. The highest BCUT2D eigenvalue weighted by Crippen LogP contribution is 2.19. The molecular formula is C22H42B2O12. The topological polar surface area (TPSA) is 142 Å². The highest BCUT2D eigenvalue weighted by atomic mass is 16.7. The smallest absolute Gasteiger partial charge is 0.465 e. The van der Waals surface area contributed by atoms with Gasteiger partial charge in [0.2, 0.25) is 0 Å². The van der Waals surface area contributed by atoms with Gasteiger partial charge in [-0.25, -0.2) is 9.59 Å². The van der Waals surface area contributed by atoms with Crippen molar-refractivity contribution in [2.45, 2.75) is 106 Å². The van der Waals surface area contributed by atoms with Crippen LogP contribution in [0, 0.1) is 0 Å². The van der Waals surface area contributed by atoms with Crippen molar-refractivity contribution in [3.8, 4) is 0 Å². The number of hydrogen-bond donors (Lipinski definition) is 0. The Kier molecular flexibility index (Phi) is 21.0. The van der Waals surface area contributed by atoms with Gasteiger partial charge in [-0.05, 0) is 55.4 Å². The first kappa shape index (κ1) is 36.0. The summed E-state index contributed by atoms with van der Waals surface area (Å²) in [6.45, 7) is 19.2. The summed E-state index contributed by atoms with van der Waals surface area (Å²) in [6.07, 6.45) is -2.04. The maximum Gasteiger partial charge on any atom is 0.488 e. The average molecular weight is 520 g/mol. The van der Waals surface area contributed by atoms with Gasteiger partial charge in [-0.2, -0.15) is 0 Å². The number of esters is 2. The van der Waals surface area contributed by atoms with Crippen LogP contribution in [0.3, 0.4) is 0 Å². The van der Waals surface area contributed by atoms with Gasteiger partial charge in [-0.1, -0.05) is 13.8 Å². The molecule has 2 aliphatic rings. The van der Waals surface area contributed by atoms with Gasteiger partial charge < -0.3 is 37.6 Å². The van der Waals surface area contributed by atoms with E-state index >= 15 is 0 Å². The lowest BCUT2D eigenvalue weighted by atomic mass is 9.49. The standard InChI is InChI=1S/C12H20B2O8.2C4H8O2.C2H6/c1-7(2)19-11(15)9-5-17-13(21-9)14-18-6-10(22-14)12(16)20-8(3)4;2*1-4(2)6-3-5;1-2/h7-10H,5-6H2,1-4H3;2*3-4H,1-2H3;1-2H3/t9-,10-;;;/m1.../s1. The lowest BCUT2D eigenvalue weighted by Gasteiger charge is -2.13. The predicted molar refractivity (Wildman–Crippen MR) is 132 cm³/mol. The zero-order valence-corrected chi connectivity index (χ0v) is 23.1. The van der Waals surface area contributed by atoms with Gasteiger partial charge in [-0.3, -0.25) is 9.59 Å². The van der Waals surface area contributed by atoms with Crippen LogP contribution in [-0.2, 0) is 56.7 Å². The molecule has 2 aliphatic heterocycles. The fourth-order valence-corrected chi connectivity index (χ4v) is 2.22. The van der Waals surface area contributed by atoms with Crippen LogP contribution < -0.4 is 0 Å². The second kappa shape index (κ2) is 21.0. The van der Waals surface area contributed by atoms with Gasteiger partial charge >= 0.3 is 26.0 Å². The van der Waals surface area contributed by atoms with Crippen LogP contribution in [-0.4, -0.2) is 88.7 Å². The fraction of sp³-hybridized carbons (Fsp3) is 0.818. The highest BCUT2D eigenvalue weighted by molar-refractivity contribution is 7.11. The van der Waals surface area contributed by atoms with Crippen molar-refractivity contribution < 1.29 is 56.7 Å². The van der Waals surface area contributed by atoms with Crippen LogP contribution in [0.15, 0.2) is 0 Å². The number of carbonyl (C=O) groups excluding carboxylic acids is 4.